The van der Waals surface area contributed by atoms with Gasteiger partial charge in [-0.15, -0.1) is 0 Å². The average Bonchev–Trinajstić information content (AvgIpc) is 3.53. The molecule has 3 heterocycles. The second kappa shape index (κ2) is 12.4. The van der Waals surface area contributed by atoms with Crippen LogP contribution >= 0.6 is 0 Å². The minimum absolute atomic E-state index is 0.0148. The van der Waals surface area contributed by atoms with Gasteiger partial charge in [-0.05, 0) is 107 Å². The van der Waals surface area contributed by atoms with Gasteiger partial charge in [-0.3, -0.25) is 9.78 Å². The number of rotatable bonds is 9. The number of aryl methyl sites for hydroxylation is 1. The molecule has 1 aliphatic carbocycles. The molecule has 1 amide bonds. The van der Waals surface area contributed by atoms with E-state index in [1.165, 1.54) is 24.0 Å². The van der Waals surface area contributed by atoms with Gasteiger partial charge >= 0.3 is 0 Å². The second-order valence-electron chi connectivity index (χ2n) is 12.8. The lowest BCUT2D eigenvalue weighted by Gasteiger charge is -2.31. The molecule has 0 radical (unpaired) electrons. The number of aromatic nitrogens is 2. The van der Waals surface area contributed by atoms with Gasteiger partial charge < -0.3 is 14.4 Å². The van der Waals surface area contributed by atoms with Gasteiger partial charge in [0.15, 0.2) is 0 Å². The summed E-state index contributed by atoms with van der Waals surface area (Å²) in [5.74, 6) is 0.476. The minimum Gasteiger partial charge on any atom is -0.339 e. The molecular formula is C32H44FN5O3S. The van der Waals surface area contributed by atoms with Crippen molar-refractivity contribution in [2.24, 2.45) is 11.8 Å². The van der Waals surface area contributed by atoms with E-state index >= 15 is 0 Å². The lowest BCUT2D eigenvalue weighted by atomic mass is 9.86. The lowest BCUT2D eigenvalue weighted by Crippen LogP contribution is -2.39. The lowest BCUT2D eigenvalue weighted by molar-refractivity contribution is 0.0754. The zero-order valence-corrected chi connectivity index (χ0v) is 26.3. The van der Waals surface area contributed by atoms with Crippen LogP contribution in [0, 0.1) is 24.6 Å². The van der Waals surface area contributed by atoms with Crippen LogP contribution in [0.25, 0.3) is 16.6 Å². The van der Waals surface area contributed by atoms with Crippen LogP contribution in [0.2, 0.25) is 0 Å². The fourth-order valence-corrected chi connectivity index (χ4v) is 7.64. The van der Waals surface area contributed by atoms with E-state index in [1.54, 1.807) is 18.0 Å². The Morgan fingerprint density at radius 3 is 2.57 bits per heavy atom. The van der Waals surface area contributed by atoms with E-state index in [0.717, 1.165) is 74.6 Å². The van der Waals surface area contributed by atoms with Crippen LogP contribution in [0.5, 0.6) is 0 Å². The van der Waals surface area contributed by atoms with E-state index in [2.05, 4.69) is 27.7 Å². The smallest absolute Gasteiger partial charge is 0.256 e. The van der Waals surface area contributed by atoms with Crippen molar-refractivity contribution in [2.75, 3.05) is 32.9 Å². The molecular weight excluding hydrogens is 553 g/mol. The molecule has 1 atom stereocenters. The summed E-state index contributed by atoms with van der Waals surface area (Å²) in [6.45, 7) is 9.14. The maximum absolute atomic E-state index is 14.4. The van der Waals surface area contributed by atoms with Crippen LogP contribution in [0.1, 0.15) is 67.4 Å². The molecule has 228 valence electrons. The number of sulfonamides is 1. The van der Waals surface area contributed by atoms with E-state index in [4.69, 9.17) is 0 Å². The predicted molar refractivity (Wildman–Crippen MR) is 165 cm³/mol. The fourth-order valence-electron chi connectivity index (χ4n) is 6.80. The Morgan fingerprint density at radius 2 is 1.88 bits per heavy atom. The van der Waals surface area contributed by atoms with Crippen LogP contribution in [-0.2, 0) is 16.4 Å². The topological polar surface area (TPSA) is 87.5 Å². The molecule has 2 aromatic heterocycles. The number of nitrogens with zero attached hydrogens (tertiary/aromatic N) is 4. The summed E-state index contributed by atoms with van der Waals surface area (Å²) in [6.07, 6.45) is 13.1. The highest BCUT2D eigenvalue weighted by Gasteiger charge is 2.29. The molecule has 5 rings (SSSR count). The third-order valence-electron chi connectivity index (χ3n) is 9.15. The van der Waals surface area contributed by atoms with Crippen molar-refractivity contribution in [1.82, 2.24) is 24.1 Å². The van der Waals surface area contributed by atoms with Crippen molar-refractivity contribution in [2.45, 2.75) is 71.4 Å². The Morgan fingerprint density at radius 1 is 1.14 bits per heavy atom. The quantitative estimate of drug-likeness (QED) is 0.378. The number of amides is 1. The zero-order chi connectivity index (χ0) is 30.2. The van der Waals surface area contributed by atoms with Crippen molar-refractivity contribution in [3.8, 4) is 5.69 Å². The maximum atomic E-state index is 14.4. The Labute approximate surface area is 249 Å². The molecule has 0 bridgehead atoms. The number of fused-ring (bicyclic) bond motifs is 1. The standard InChI is InChI=1S/C32H44FN5O3S/c1-21(2)36(4)32(39)28-15-26(33)8-11-29(28)38-20-25(31-22(3)16-34-17-30(31)38)14-24-12-13-37(19-24)18-23-6-9-27(10-7-23)35-42(5,40)41/h8,11,15-17,20-21,23-24,27,35H,6-7,9-10,12-14,18-19H2,1-5H3/t23-,24-,27-/m1/s1. The van der Waals surface area contributed by atoms with Crippen LogP contribution < -0.4 is 4.72 Å². The normalized spacial score (nSPS) is 21.8. The van der Waals surface area contributed by atoms with Gasteiger partial charge in [0.1, 0.15) is 5.82 Å². The molecule has 1 saturated carbocycles. The van der Waals surface area contributed by atoms with Crippen molar-refractivity contribution >= 4 is 26.8 Å². The summed E-state index contributed by atoms with van der Waals surface area (Å²) >= 11 is 0. The van der Waals surface area contributed by atoms with E-state index in [-0.39, 0.29) is 18.0 Å². The monoisotopic (exact) mass is 597 g/mol. The number of halogens is 1. The molecule has 1 saturated heterocycles. The van der Waals surface area contributed by atoms with Crippen LogP contribution in [-0.4, -0.2) is 78.7 Å². The largest absolute Gasteiger partial charge is 0.339 e. The van der Waals surface area contributed by atoms with Crippen molar-refractivity contribution in [3.63, 3.8) is 0 Å². The molecule has 1 aliphatic heterocycles. The molecule has 1 N–H and O–H groups in total. The van der Waals surface area contributed by atoms with Gasteiger partial charge in [-0.25, -0.2) is 17.5 Å². The zero-order valence-electron chi connectivity index (χ0n) is 25.4. The van der Waals surface area contributed by atoms with E-state index < -0.39 is 15.8 Å². The number of pyridine rings is 1. The average molecular weight is 598 g/mol. The summed E-state index contributed by atoms with van der Waals surface area (Å²) in [5.41, 5.74) is 4.23. The molecule has 8 nitrogen and oxygen atoms in total. The molecule has 2 fully saturated rings. The molecule has 1 aromatic carbocycles. The number of carbonyl (C=O) groups is 1. The summed E-state index contributed by atoms with van der Waals surface area (Å²) in [6, 6.07) is 4.50. The molecule has 3 aromatic rings. The van der Waals surface area contributed by atoms with Crippen molar-refractivity contribution < 1.29 is 17.6 Å². The Bertz CT molecular complexity index is 1540. The third kappa shape index (κ3) is 6.87. The molecule has 0 spiro atoms. The van der Waals surface area contributed by atoms with Crippen molar-refractivity contribution in [3.05, 3.63) is 59.3 Å². The number of benzene rings is 1. The highest BCUT2D eigenvalue weighted by atomic mass is 32.2. The van der Waals surface area contributed by atoms with E-state index in [1.807, 2.05) is 30.8 Å². The number of likely N-dealkylation sites (tertiary alicyclic amines) is 1. The van der Waals surface area contributed by atoms with Gasteiger partial charge in [0.25, 0.3) is 5.91 Å². The molecule has 2 aliphatic rings. The summed E-state index contributed by atoms with van der Waals surface area (Å²) in [5, 5.41) is 1.15. The third-order valence-corrected chi connectivity index (χ3v) is 9.91. The maximum Gasteiger partial charge on any atom is 0.256 e. The predicted octanol–water partition coefficient (Wildman–Crippen LogP) is 4.93. The second-order valence-corrected chi connectivity index (χ2v) is 14.6. The SMILES string of the molecule is Cc1cncc2c1c(C[C@H]1CCN(C[C@H]3CC[C@H](NS(C)(=O)=O)CC3)C1)cn2-c1ccc(F)cc1C(=O)N(C)C(C)C. The fraction of sp³-hybridized carbons (Fsp3) is 0.562. The molecule has 10 heteroatoms. The Hall–Kier alpha value is -2.82. The highest BCUT2D eigenvalue weighted by Crippen LogP contribution is 2.33. The number of nitrogens with one attached hydrogen (secondary N) is 1. The first kappa shape index (κ1) is 30.6. The van der Waals surface area contributed by atoms with E-state index in [9.17, 15) is 17.6 Å². The molecule has 42 heavy (non-hydrogen) atoms. The van der Waals surface area contributed by atoms with Gasteiger partial charge in [-0.1, -0.05) is 0 Å². The first-order valence-electron chi connectivity index (χ1n) is 15.1. The number of carbonyl (C=O) groups excluding carboxylic acids is 1. The highest BCUT2D eigenvalue weighted by molar-refractivity contribution is 7.88. The van der Waals surface area contributed by atoms with Crippen LogP contribution in [0.3, 0.4) is 0 Å². The molecule has 0 unspecified atom stereocenters. The van der Waals surface area contributed by atoms with Gasteiger partial charge in [0, 0.05) is 50.0 Å². The first-order chi connectivity index (χ1) is 19.9. The van der Waals surface area contributed by atoms with Gasteiger partial charge in [-0.2, -0.15) is 0 Å². The Kier molecular flexibility index (Phi) is 9.06. The summed E-state index contributed by atoms with van der Waals surface area (Å²) in [4.78, 5) is 22.1. The minimum atomic E-state index is -3.15. The van der Waals surface area contributed by atoms with Gasteiger partial charge in [0.2, 0.25) is 10.0 Å². The van der Waals surface area contributed by atoms with E-state index in [0.29, 0.717) is 23.1 Å². The summed E-state index contributed by atoms with van der Waals surface area (Å²) < 4.78 is 42.4. The van der Waals surface area contributed by atoms with Crippen molar-refractivity contribution in [1.29, 1.82) is 0 Å². The number of hydrogen-bond acceptors (Lipinski definition) is 5. The van der Waals surface area contributed by atoms with Gasteiger partial charge in [0.05, 0.1) is 29.2 Å². The first-order valence-corrected chi connectivity index (χ1v) is 17.0. The number of hydrogen-bond donors (Lipinski definition) is 1. The Balaban J connectivity index is 1.33. The summed E-state index contributed by atoms with van der Waals surface area (Å²) in [7, 11) is -1.41. The van der Waals surface area contributed by atoms with Crippen LogP contribution in [0.4, 0.5) is 4.39 Å². The van der Waals surface area contributed by atoms with Crippen LogP contribution in [0.15, 0.2) is 36.8 Å².